The lowest BCUT2D eigenvalue weighted by Crippen LogP contribution is -2.19. The van der Waals surface area contributed by atoms with Gasteiger partial charge in [-0.05, 0) is 44.1 Å². The third-order valence-corrected chi connectivity index (χ3v) is 2.78. The van der Waals surface area contributed by atoms with Gasteiger partial charge in [-0.1, -0.05) is 12.1 Å². The number of halogens is 3. The Morgan fingerprint density at radius 3 is 2.43 bits per heavy atom. The summed E-state index contributed by atoms with van der Waals surface area (Å²) in [6.07, 6.45) is 1.66. The summed E-state index contributed by atoms with van der Waals surface area (Å²) >= 11 is 0. The highest BCUT2D eigenvalue weighted by atomic mass is 35.5. The predicted octanol–water partition coefficient (Wildman–Crippen LogP) is 3.40. The summed E-state index contributed by atoms with van der Waals surface area (Å²) in [5.41, 5.74) is 0.993. The Hall–Kier alpha value is -1.40. The van der Waals surface area contributed by atoms with Crippen molar-refractivity contribution < 1.29 is 23.4 Å². The fourth-order valence-corrected chi connectivity index (χ4v) is 1.82. The number of alkyl halides is 2. The maximum absolute atomic E-state index is 12.0. The van der Waals surface area contributed by atoms with Gasteiger partial charge in [0.2, 0.25) is 0 Å². The Kier molecular flexibility index (Phi) is 9.65. The molecule has 0 atom stereocenters. The third kappa shape index (κ3) is 9.20. The van der Waals surface area contributed by atoms with E-state index in [1.165, 1.54) is 12.1 Å². The molecule has 0 saturated carbocycles. The number of nitrogens with zero attached hydrogens (tertiary/aromatic N) is 1. The summed E-state index contributed by atoms with van der Waals surface area (Å²) in [6.45, 7) is -1.33. The van der Waals surface area contributed by atoms with Crippen LogP contribution in [0.2, 0.25) is 0 Å². The quantitative estimate of drug-likeness (QED) is 0.708. The van der Waals surface area contributed by atoms with E-state index in [1.54, 1.807) is 12.1 Å². The number of unbranched alkanes of at least 4 members (excludes halogenated alkanes) is 1. The van der Waals surface area contributed by atoms with Crippen LogP contribution >= 0.6 is 12.4 Å². The molecule has 0 aromatic heterocycles. The number of carboxylic acid groups (broad SMARTS) is 1. The first-order valence-electron chi connectivity index (χ1n) is 6.41. The van der Waals surface area contributed by atoms with Crippen LogP contribution in [0.15, 0.2) is 24.3 Å². The smallest absolute Gasteiger partial charge is 0.387 e. The highest BCUT2D eigenvalue weighted by molar-refractivity contribution is 5.85. The third-order valence-electron chi connectivity index (χ3n) is 2.78. The van der Waals surface area contributed by atoms with Crippen molar-refractivity contribution in [2.75, 3.05) is 13.6 Å². The highest BCUT2D eigenvalue weighted by Crippen LogP contribution is 2.15. The zero-order valence-corrected chi connectivity index (χ0v) is 12.6. The van der Waals surface area contributed by atoms with E-state index in [4.69, 9.17) is 5.11 Å². The van der Waals surface area contributed by atoms with Gasteiger partial charge in [0, 0.05) is 13.0 Å². The SMILES string of the molecule is CN(CCCCC(=O)O)Cc1ccc(OC(F)F)cc1.Cl. The molecule has 120 valence electrons. The van der Waals surface area contributed by atoms with Crippen LogP contribution in [-0.4, -0.2) is 36.2 Å². The number of carboxylic acids is 1. The first-order valence-corrected chi connectivity index (χ1v) is 6.41. The molecule has 21 heavy (non-hydrogen) atoms. The summed E-state index contributed by atoms with van der Waals surface area (Å²) in [5.74, 6) is -0.630. The van der Waals surface area contributed by atoms with Crippen molar-refractivity contribution in [2.45, 2.75) is 32.4 Å². The van der Waals surface area contributed by atoms with Crippen LogP contribution < -0.4 is 4.74 Å². The van der Waals surface area contributed by atoms with Crippen molar-refractivity contribution in [1.29, 1.82) is 0 Å². The fraction of sp³-hybridized carbons (Fsp3) is 0.500. The molecule has 0 spiro atoms. The van der Waals surface area contributed by atoms with Crippen LogP contribution in [0.1, 0.15) is 24.8 Å². The summed E-state index contributed by atoms with van der Waals surface area (Å²) in [6, 6.07) is 6.51. The molecule has 0 fully saturated rings. The molecule has 0 aliphatic carbocycles. The second kappa shape index (κ2) is 10.3. The monoisotopic (exact) mass is 323 g/mol. The van der Waals surface area contributed by atoms with E-state index in [2.05, 4.69) is 9.64 Å². The van der Waals surface area contributed by atoms with E-state index in [0.29, 0.717) is 13.0 Å². The topological polar surface area (TPSA) is 49.8 Å². The Labute approximate surface area is 129 Å². The van der Waals surface area contributed by atoms with Crippen molar-refractivity contribution in [1.82, 2.24) is 4.90 Å². The molecular weight excluding hydrogens is 304 g/mol. The molecule has 0 saturated heterocycles. The highest BCUT2D eigenvalue weighted by Gasteiger charge is 2.05. The molecule has 0 bridgehead atoms. The second-order valence-electron chi connectivity index (χ2n) is 4.61. The van der Waals surface area contributed by atoms with Gasteiger partial charge in [-0.15, -0.1) is 12.4 Å². The minimum Gasteiger partial charge on any atom is -0.481 e. The first kappa shape index (κ1) is 19.6. The van der Waals surface area contributed by atoms with Gasteiger partial charge < -0.3 is 14.7 Å². The molecule has 7 heteroatoms. The lowest BCUT2D eigenvalue weighted by molar-refractivity contribution is -0.137. The normalized spacial score (nSPS) is 10.5. The lowest BCUT2D eigenvalue weighted by atomic mass is 10.2. The molecule has 4 nitrogen and oxygen atoms in total. The number of benzene rings is 1. The number of aliphatic carboxylic acids is 1. The summed E-state index contributed by atoms with van der Waals surface area (Å²) in [5, 5.41) is 8.52. The maximum Gasteiger partial charge on any atom is 0.387 e. The van der Waals surface area contributed by atoms with Gasteiger partial charge in [0.15, 0.2) is 0 Å². The van der Waals surface area contributed by atoms with Gasteiger partial charge in [-0.25, -0.2) is 0 Å². The van der Waals surface area contributed by atoms with E-state index in [9.17, 15) is 13.6 Å². The van der Waals surface area contributed by atoms with Crippen molar-refractivity contribution in [3.8, 4) is 5.75 Å². The predicted molar refractivity (Wildman–Crippen MR) is 78.1 cm³/mol. The minimum absolute atomic E-state index is 0. The van der Waals surface area contributed by atoms with E-state index in [0.717, 1.165) is 18.5 Å². The van der Waals surface area contributed by atoms with E-state index in [-0.39, 0.29) is 24.6 Å². The summed E-state index contributed by atoms with van der Waals surface area (Å²) in [4.78, 5) is 12.4. The van der Waals surface area contributed by atoms with Crippen LogP contribution in [0.5, 0.6) is 5.75 Å². The average Bonchev–Trinajstić information content (AvgIpc) is 2.36. The van der Waals surface area contributed by atoms with Crippen molar-refractivity contribution >= 4 is 18.4 Å². The number of rotatable bonds is 9. The Morgan fingerprint density at radius 2 is 1.90 bits per heavy atom. The van der Waals surface area contributed by atoms with Gasteiger partial charge in [0.1, 0.15) is 5.75 Å². The van der Waals surface area contributed by atoms with Crippen LogP contribution in [0, 0.1) is 0 Å². The fourth-order valence-electron chi connectivity index (χ4n) is 1.82. The van der Waals surface area contributed by atoms with Crippen LogP contribution in [0.3, 0.4) is 0 Å². The Bertz CT molecular complexity index is 415. The molecule has 1 aromatic rings. The minimum atomic E-state index is -2.81. The number of carbonyl (C=O) groups is 1. The molecule has 1 aromatic carbocycles. The maximum atomic E-state index is 12.0. The van der Waals surface area contributed by atoms with Crippen LogP contribution in [-0.2, 0) is 11.3 Å². The first-order chi connectivity index (χ1) is 9.47. The standard InChI is InChI=1S/C14H19F2NO3.ClH/c1-17(9-3-2-4-13(18)19)10-11-5-7-12(8-6-11)20-14(15)16;/h5-8,14H,2-4,9-10H2,1H3,(H,18,19);1H. The number of hydrogen-bond acceptors (Lipinski definition) is 3. The molecule has 0 radical (unpaired) electrons. The van der Waals surface area contributed by atoms with Gasteiger partial charge in [0.05, 0.1) is 0 Å². The van der Waals surface area contributed by atoms with Gasteiger partial charge >= 0.3 is 12.6 Å². The molecule has 1 N–H and O–H groups in total. The zero-order valence-electron chi connectivity index (χ0n) is 11.8. The number of hydrogen-bond donors (Lipinski definition) is 1. The largest absolute Gasteiger partial charge is 0.481 e. The van der Waals surface area contributed by atoms with Crippen molar-refractivity contribution in [2.24, 2.45) is 0 Å². The molecule has 0 aliphatic heterocycles. The molecule has 0 amide bonds. The molecule has 0 unspecified atom stereocenters. The van der Waals surface area contributed by atoms with E-state index >= 15 is 0 Å². The summed E-state index contributed by atoms with van der Waals surface area (Å²) < 4.78 is 28.3. The van der Waals surface area contributed by atoms with E-state index in [1.807, 2.05) is 7.05 Å². The lowest BCUT2D eigenvalue weighted by Gasteiger charge is -2.16. The number of ether oxygens (including phenoxy) is 1. The Morgan fingerprint density at radius 1 is 1.29 bits per heavy atom. The Balaban J connectivity index is 0.00000400. The summed E-state index contributed by atoms with van der Waals surface area (Å²) in [7, 11) is 1.93. The van der Waals surface area contributed by atoms with Crippen LogP contribution in [0.25, 0.3) is 0 Å². The molecular formula is C14H20ClF2NO3. The van der Waals surface area contributed by atoms with Gasteiger partial charge in [-0.3, -0.25) is 4.79 Å². The van der Waals surface area contributed by atoms with Gasteiger partial charge in [-0.2, -0.15) is 8.78 Å². The van der Waals surface area contributed by atoms with Gasteiger partial charge in [0.25, 0.3) is 0 Å². The second-order valence-corrected chi connectivity index (χ2v) is 4.61. The molecule has 0 aliphatic rings. The van der Waals surface area contributed by atoms with Crippen molar-refractivity contribution in [3.05, 3.63) is 29.8 Å². The van der Waals surface area contributed by atoms with E-state index < -0.39 is 12.6 Å². The van der Waals surface area contributed by atoms with Crippen molar-refractivity contribution in [3.63, 3.8) is 0 Å². The zero-order chi connectivity index (χ0) is 15.0. The molecule has 1 rings (SSSR count). The van der Waals surface area contributed by atoms with Crippen LogP contribution in [0.4, 0.5) is 8.78 Å². The molecule has 0 heterocycles. The average molecular weight is 324 g/mol.